The number of phenols is 1. The molecule has 0 unspecified atom stereocenters. The molecule has 3 aromatic rings. The lowest BCUT2D eigenvalue weighted by atomic mass is 9.99. The Hall–Kier alpha value is -8.29. The molecule has 1 saturated heterocycles. The standard InChI is InChI=1S/C50H74N16O10/c1-4-28(2)40(51)46(73)60-29(3)41(68)61-34(13-8-20-57-49(52)53)42(69)62-35(14-9-21-58-50(54)55)43(70)64-37(25-32-26-56-27-59-32)47(74)66-22-10-15-39(66)45(72)63-36(23-31-16-18-33(67)19-17-31)44(71)65-38(48(75)76)24-30-11-6-5-7-12-30/h5-7,11-12,16-19,26-29,34-40,67H,4,8-10,13-15,20-25,51H2,1-3H3,(H,56,59)(H,60,73)(H,61,68)(H,62,69)(H,63,72)(H,64,70)(H,65,71)(H,75,76)(H4,52,53,57)(H4,54,55,58)/p+2/t28-,29-,34-,35-,36-,37-,38-,39-,40-/m0/s1. The van der Waals surface area contributed by atoms with Gasteiger partial charge in [0, 0.05) is 37.2 Å². The summed E-state index contributed by atoms with van der Waals surface area (Å²) in [5, 5.41) is 38.3. The number of carbonyl (C=O) groups is 8. The zero-order chi connectivity index (χ0) is 55.9. The number of guanidine groups is 2. The number of aromatic hydroxyl groups is 1. The molecule has 1 fully saturated rings. The van der Waals surface area contributed by atoms with Crippen molar-refractivity contribution >= 4 is 59.2 Å². The number of aromatic nitrogens is 2. The normalized spacial score (nSPS) is 16.2. The highest BCUT2D eigenvalue weighted by Gasteiger charge is 2.40. The average molecular weight is 1060 g/mol. The average Bonchev–Trinajstić information content (AvgIpc) is 4.11. The molecule has 2 heterocycles. The molecule has 76 heavy (non-hydrogen) atoms. The van der Waals surface area contributed by atoms with Gasteiger partial charge in [0.15, 0.2) is 6.04 Å². The smallest absolute Gasteiger partial charge is 0.338 e. The van der Waals surface area contributed by atoms with Crippen LogP contribution in [0.2, 0.25) is 0 Å². The van der Waals surface area contributed by atoms with E-state index in [9.17, 15) is 48.6 Å². The van der Waals surface area contributed by atoms with E-state index in [1.165, 1.54) is 48.6 Å². The van der Waals surface area contributed by atoms with Crippen LogP contribution in [-0.4, -0.2) is 147 Å². The number of likely N-dealkylation sites (tertiary alicyclic amines) is 1. The SMILES string of the molecule is CC[C@H](C)[C@H]([NH3+])C(=O)N[C@@H](C)C(=O)N[C@@H](CCC[NH+]=C(N)N)C(=O)N[C@@H](CCC[NH+]=C(N)N)C(=O)N[C@@H](Cc1cnc[nH]1)C(=O)N1CCC[C@H]1C(=O)N[C@@H](Cc1ccc(O)cc1)C(=O)N[C@@H](Cc1ccccc1)C(=O)[O-]. The molecule has 414 valence electrons. The van der Waals surface area contributed by atoms with Gasteiger partial charge in [-0.05, 0) is 81.5 Å². The van der Waals surface area contributed by atoms with Crippen molar-refractivity contribution in [2.75, 3.05) is 19.6 Å². The molecule has 0 radical (unpaired) electrons. The number of quaternary nitrogens is 1. The van der Waals surface area contributed by atoms with Gasteiger partial charge in [0.25, 0.3) is 5.91 Å². The minimum absolute atomic E-state index is 0.0275. The minimum Gasteiger partial charge on any atom is -0.548 e. The summed E-state index contributed by atoms with van der Waals surface area (Å²) in [6.45, 7) is 5.71. The summed E-state index contributed by atoms with van der Waals surface area (Å²) in [4.78, 5) is 124. The van der Waals surface area contributed by atoms with Gasteiger partial charge in [-0.25, -0.2) is 4.98 Å². The van der Waals surface area contributed by atoms with Gasteiger partial charge in [-0.2, -0.15) is 0 Å². The largest absolute Gasteiger partial charge is 0.548 e. The number of carbonyl (C=O) groups excluding carboxylic acids is 8. The molecule has 9 atom stereocenters. The molecule has 21 N–H and O–H groups in total. The van der Waals surface area contributed by atoms with Crippen molar-refractivity contribution in [3.63, 3.8) is 0 Å². The fourth-order valence-electron chi connectivity index (χ4n) is 8.37. The Morgan fingerprint density at radius 2 is 1.26 bits per heavy atom. The van der Waals surface area contributed by atoms with Crippen molar-refractivity contribution in [3.05, 3.63) is 83.9 Å². The number of nitrogens with two attached hydrogens (primary N) is 4. The Morgan fingerprint density at radius 1 is 0.724 bits per heavy atom. The van der Waals surface area contributed by atoms with Gasteiger partial charge in [-0.15, -0.1) is 0 Å². The second kappa shape index (κ2) is 30.2. The van der Waals surface area contributed by atoms with Gasteiger partial charge >= 0.3 is 11.9 Å². The number of nitrogens with one attached hydrogen (secondary N) is 9. The second-order valence-corrected chi connectivity index (χ2v) is 18.9. The molecular weight excluding hydrogens is 985 g/mol. The number of benzene rings is 2. The fraction of sp³-hybridized carbons (Fsp3) is 0.500. The summed E-state index contributed by atoms with van der Waals surface area (Å²) in [5.74, 6) is -6.77. The van der Waals surface area contributed by atoms with Crippen molar-refractivity contribution in [1.82, 2.24) is 46.8 Å². The van der Waals surface area contributed by atoms with E-state index in [1.807, 2.05) is 13.8 Å². The first-order valence-corrected chi connectivity index (χ1v) is 25.4. The third-order valence-electron chi connectivity index (χ3n) is 13.0. The lowest BCUT2D eigenvalue weighted by Gasteiger charge is -2.31. The van der Waals surface area contributed by atoms with Crippen LogP contribution in [0.1, 0.15) is 82.5 Å². The first-order chi connectivity index (χ1) is 36.2. The van der Waals surface area contributed by atoms with Crippen LogP contribution in [0.5, 0.6) is 5.75 Å². The number of imidazole rings is 1. The highest BCUT2D eigenvalue weighted by Crippen LogP contribution is 2.21. The lowest BCUT2D eigenvalue weighted by Crippen LogP contribution is -2.78. The summed E-state index contributed by atoms with van der Waals surface area (Å²) in [6, 6.07) is 4.79. The number of hydrogen-bond donors (Lipinski definition) is 15. The molecule has 0 saturated carbocycles. The van der Waals surface area contributed by atoms with Gasteiger partial charge < -0.3 is 62.5 Å². The van der Waals surface area contributed by atoms with Crippen molar-refractivity contribution in [3.8, 4) is 5.75 Å². The van der Waals surface area contributed by atoms with Crippen molar-refractivity contribution in [2.24, 2.45) is 28.9 Å². The van der Waals surface area contributed by atoms with E-state index in [-0.39, 0.29) is 94.6 Å². The lowest BCUT2D eigenvalue weighted by molar-refractivity contribution is -0.460. The topological polar surface area (TPSA) is 444 Å². The van der Waals surface area contributed by atoms with Crippen molar-refractivity contribution in [2.45, 2.75) is 133 Å². The second-order valence-electron chi connectivity index (χ2n) is 18.9. The Labute approximate surface area is 440 Å². The summed E-state index contributed by atoms with van der Waals surface area (Å²) in [5.41, 5.74) is 27.8. The molecule has 1 aliphatic rings. The zero-order valence-electron chi connectivity index (χ0n) is 43.3. The van der Waals surface area contributed by atoms with Crippen LogP contribution in [0.3, 0.4) is 0 Å². The van der Waals surface area contributed by atoms with Gasteiger partial charge in [-0.3, -0.25) is 66.5 Å². The van der Waals surface area contributed by atoms with Gasteiger partial charge in [0.2, 0.25) is 35.4 Å². The first-order valence-electron chi connectivity index (χ1n) is 25.4. The Bertz CT molecular complexity index is 2470. The Balaban J connectivity index is 1.60. The van der Waals surface area contributed by atoms with Gasteiger partial charge in [0.05, 0.1) is 31.4 Å². The molecule has 0 aliphatic carbocycles. The number of nitrogens with zero attached hydrogens (tertiary/aromatic N) is 2. The number of H-pyrrole nitrogens is 1. The van der Waals surface area contributed by atoms with Crippen LogP contribution in [-0.2, 0) is 57.6 Å². The van der Waals surface area contributed by atoms with Crippen LogP contribution in [0, 0.1) is 5.92 Å². The molecule has 7 amide bonds. The predicted molar refractivity (Wildman–Crippen MR) is 274 cm³/mol. The quantitative estimate of drug-likeness (QED) is 0.0168. The van der Waals surface area contributed by atoms with Crippen LogP contribution in [0.25, 0.3) is 0 Å². The summed E-state index contributed by atoms with van der Waals surface area (Å²) in [7, 11) is 0. The fourth-order valence-corrected chi connectivity index (χ4v) is 8.37. The van der Waals surface area contributed by atoms with E-state index in [2.05, 4.69) is 57.6 Å². The van der Waals surface area contributed by atoms with Crippen LogP contribution >= 0.6 is 0 Å². The molecule has 1 aromatic heterocycles. The maximum absolute atomic E-state index is 14.8. The molecule has 2 aromatic carbocycles. The predicted octanol–water partition coefficient (Wildman–Crippen LogP) is -8.26. The van der Waals surface area contributed by atoms with E-state index < -0.39 is 95.7 Å². The van der Waals surface area contributed by atoms with Crippen LogP contribution < -0.4 is 75.7 Å². The molecular formula is C50H76N16O10+2. The number of carboxylic acids is 1. The minimum atomic E-state index is -1.55. The Kier molecular flexibility index (Phi) is 23.9. The Morgan fingerprint density at radius 3 is 1.82 bits per heavy atom. The van der Waals surface area contributed by atoms with E-state index >= 15 is 0 Å². The third kappa shape index (κ3) is 19.5. The first kappa shape index (κ1) is 60.3. The van der Waals surface area contributed by atoms with Crippen molar-refractivity contribution in [1.29, 1.82) is 0 Å². The summed E-state index contributed by atoms with van der Waals surface area (Å²) in [6.07, 6.45) is 4.13. The highest BCUT2D eigenvalue weighted by molar-refractivity contribution is 5.98. The molecule has 26 nitrogen and oxygen atoms in total. The van der Waals surface area contributed by atoms with E-state index in [1.54, 1.807) is 30.3 Å². The summed E-state index contributed by atoms with van der Waals surface area (Å²) >= 11 is 0. The van der Waals surface area contributed by atoms with Gasteiger partial charge in [0.1, 0.15) is 42.0 Å². The maximum Gasteiger partial charge on any atom is 0.338 e. The molecule has 0 spiro atoms. The molecule has 0 bridgehead atoms. The molecule has 26 heteroatoms. The highest BCUT2D eigenvalue weighted by atomic mass is 16.4. The van der Waals surface area contributed by atoms with E-state index in [0.29, 0.717) is 29.7 Å². The molecule has 4 rings (SSSR count). The van der Waals surface area contributed by atoms with E-state index in [4.69, 9.17) is 22.9 Å². The number of carboxylic acid groups (broad SMARTS) is 1. The summed E-state index contributed by atoms with van der Waals surface area (Å²) < 4.78 is 0. The van der Waals surface area contributed by atoms with Crippen LogP contribution in [0.15, 0.2) is 67.1 Å². The maximum atomic E-state index is 14.8. The monoisotopic (exact) mass is 1060 g/mol. The van der Waals surface area contributed by atoms with Gasteiger partial charge in [-0.1, -0.05) is 56.3 Å². The number of hydrogen-bond acceptors (Lipinski definition) is 11. The molecule has 1 aliphatic heterocycles. The van der Waals surface area contributed by atoms with Crippen LogP contribution in [0.4, 0.5) is 0 Å². The zero-order valence-corrected chi connectivity index (χ0v) is 43.3. The van der Waals surface area contributed by atoms with E-state index in [0.717, 1.165) is 0 Å². The number of aliphatic carboxylic acids is 1. The third-order valence-corrected chi connectivity index (χ3v) is 13.0. The van der Waals surface area contributed by atoms with Crippen molar-refractivity contribution < 1.29 is 64.3 Å². The number of aromatic amines is 1. The number of rotatable bonds is 30. The number of phenolic OH excluding ortho intramolecular Hbond substituents is 1. The number of amides is 7.